The Balaban J connectivity index is 2.53. The van der Waals surface area contributed by atoms with Crippen molar-refractivity contribution >= 4 is 10.9 Å². The van der Waals surface area contributed by atoms with Crippen molar-refractivity contribution in [2.45, 2.75) is 33.1 Å². The number of pyridine rings is 1. The van der Waals surface area contributed by atoms with Crippen LogP contribution in [0.3, 0.4) is 0 Å². The summed E-state index contributed by atoms with van der Waals surface area (Å²) in [6.45, 7) is 4.39. The van der Waals surface area contributed by atoms with E-state index < -0.39 is 0 Å². The lowest BCUT2D eigenvalue weighted by molar-refractivity contribution is 0.794. The number of hydrogen-bond donors (Lipinski definition) is 0. The van der Waals surface area contributed by atoms with E-state index >= 15 is 0 Å². The van der Waals surface area contributed by atoms with Gasteiger partial charge in [0.15, 0.2) is 0 Å². The van der Waals surface area contributed by atoms with E-state index in [9.17, 15) is 0 Å². The lowest BCUT2D eigenvalue weighted by Crippen LogP contribution is -1.93. The number of para-hydroxylation sites is 1. The molecule has 0 radical (unpaired) electrons. The molecule has 1 nitrogen and oxygen atoms in total. The predicted molar refractivity (Wildman–Crippen MR) is 65.1 cm³/mol. The second-order valence-electron chi connectivity index (χ2n) is 4.04. The first-order chi connectivity index (χ1) is 7.33. The molecule has 1 heterocycles. The number of nitrogens with zero attached hydrogens (tertiary/aromatic N) is 1. The normalized spacial score (nSPS) is 10.8. The Morgan fingerprint density at radius 2 is 2.00 bits per heavy atom. The van der Waals surface area contributed by atoms with Gasteiger partial charge in [0.05, 0.1) is 5.52 Å². The van der Waals surface area contributed by atoms with Crippen LogP contribution in [0, 0.1) is 6.92 Å². The predicted octanol–water partition coefficient (Wildman–Crippen LogP) is 3.89. The first-order valence-corrected chi connectivity index (χ1v) is 5.66. The molecule has 0 bridgehead atoms. The zero-order chi connectivity index (χ0) is 10.7. The Morgan fingerprint density at radius 3 is 2.80 bits per heavy atom. The van der Waals surface area contributed by atoms with Gasteiger partial charge >= 0.3 is 0 Å². The molecule has 0 aliphatic carbocycles. The Labute approximate surface area is 91.2 Å². The summed E-state index contributed by atoms with van der Waals surface area (Å²) in [5.74, 6) is 0. The highest BCUT2D eigenvalue weighted by Crippen LogP contribution is 2.21. The summed E-state index contributed by atoms with van der Waals surface area (Å²) < 4.78 is 0. The molecule has 2 aromatic rings. The van der Waals surface area contributed by atoms with Gasteiger partial charge in [-0.1, -0.05) is 31.5 Å². The van der Waals surface area contributed by atoms with Crippen LogP contribution in [0.2, 0.25) is 0 Å². The molecule has 1 aromatic heterocycles. The zero-order valence-corrected chi connectivity index (χ0v) is 9.46. The highest BCUT2D eigenvalue weighted by molar-refractivity contribution is 5.82. The van der Waals surface area contributed by atoms with E-state index in [1.54, 1.807) is 0 Å². The van der Waals surface area contributed by atoms with Gasteiger partial charge in [-0.25, -0.2) is 0 Å². The molecule has 0 saturated heterocycles. The smallest absolute Gasteiger partial charge is 0.0704 e. The van der Waals surface area contributed by atoms with Crippen LogP contribution < -0.4 is 0 Å². The molecule has 0 amide bonds. The summed E-state index contributed by atoms with van der Waals surface area (Å²) in [6, 6.07) is 8.41. The van der Waals surface area contributed by atoms with Crippen LogP contribution >= 0.6 is 0 Å². The van der Waals surface area contributed by atoms with Crippen LogP contribution in [0.25, 0.3) is 10.9 Å². The fourth-order valence-corrected chi connectivity index (χ4v) is 1.98. The maximum atomic E-state index is 4.45. The van der Waals surface area contributed by atoms with E-state index in [0.717, 1.165) is 5.52 Å². The van der Waals surface area contributed by atoms with Gasteiger partial charge in [0.25, 0.3) is 0 Å². The van der Waals surface area contributed by atoms with E-state index in [0.29, 0.717) is 0 Å². The van der Waals surface area contributed by atoms with E-state index in [1.807, 2.05) is 12.3 Å². The van der Waals surface area contributed by atoms with Gasteiger partial charge in [0.2, 0.25) is 0 Å². The van der Waals surface area contributed by atoms with Crippen molar-refractivity contribution in [1.82, 2.24) is 4.98 Å². The molecule has 1 aromatic carbocycles. The summed E-state index contributed by atoms with van der Waals surface area (Å²) in [7, 11) is 0. The molecule has 0 fully saturated rings. The molecule has 15 heavy (non-hydrogen) atoms. The van der Waals surface area contributed by atoms with Crippen molar-refractivity contribution in [3.8, 4) is 0 Å². The van der Waals surface area contributed by atoms with Crippen molar-refractivity contribution < 1.29 is 0 Å². The van der Waals surface area contributed by atoms with Crippen LogP contribution in [-0.4, -0.2) is 4.98 Å². The van der Waals surface area contributed by atoms with Gasteiger partial charge < -0.3 is 0 Å². The first-order valence-electron chi connectivity index (χ1n) is 5.66. The van der Waals surface area contributed by atoms with Gasteiger partial charge in [-0.3, -0.25) is 4.98 Å². The van der Waals surface area contributed by atoms with E-state index in [-0.39, 0.29) is 0 Å². The van der Waals surface area contributed by atoms with Gasteiger partial charge in [-0.05, 0) is 37.0 Å². The number of aromatic nitrogens is 1. The Morgan fingerprint density at radius 1 is 1.20 bits per heavy atom. The molecule has 0 unspecified atom stereocenters. The van der Waals surface area contributed by atoms with Crippen molar-refractivity contribution in [3.63, 3.8) is 0 Å². The summed E-state index contributed by atoms with van der Waals surface area (Å²) >= 11 is 0. The number of aryl methyl sites for hydroxylation is 2. The summed E-state index contributed by atoms with van der Waals surface area (Å²) in [5, 5.41) is 1.32. The second kappa shape index (κ2) is 4.43. The number of rotatable bonds is 3. The standard InChI is InChI=1S/C14H17N/c1-3-4-7-12-11(2)10-15-14-9-6-5-8-13(12)14/h5-6,8-10H,3-4,7H2,1-2H3. The maximum absolute atomic E-state index is 4.45. The SMILES string of the molecule is CCCCc1c(C)cnc2ccccc12. The van der Waals surface area contributed by atoms with Gasteiger partial charge in [0, 0.05) is 11.6 Å². The quantitative estimate of drug-likeness (QED) is 0.731. The molecule has 0 aliphatic heterocycles. The van der Waals surface area contributed by atoms with Crippen molar-refractivity contribution in [3.05, 3.63) is 41.6 Å². The van der Waals surface area contributed by atoms with Crippen molar-refractivity contribution in [2.75, 3.05) is 0 Å². The minimum Gasteiger partial charge on any atom is -0.256 e. The number of benzene rings is 1. The molecule has 78 valence electrons. The third-order valence-corrected chi connectivity index (χ3v) is 2.88. The summed E-state index contributed by atoms with van der Waals surface area (Å²) in [5.41, 5.74) is 3.92. The van der Waals surface area contributed by atoms with E-state index in [4.69, 9.17) is 0 Å². The van der Waals surface area contributed by atoms with Crippen molar-refractivity contribution in [2.24, 2.45) is 0 Å². The molecular formula is C14H17N. The molecule has 1 heteroatoms. The van der Waals surface area contributed by atoms with Crippen LogP contribution in [0.5, 0.6) is 0 Å². The number of unbranched alkanes of at least 4 members (excludes halogenated alkanes) is 1. The summed E-state index contributed by atoms with van der Waals surface area (Å²) in [4.78, 5) is 4.45. The summed E-state index contributed by atoms with van der Waals surface area (Å²) in [6.07, 6.45) is 5.67. The fourth-order valence-electron chi connectivity index (χ4n) is 1.98. The third kappa shape index (κ3) is 2.01. The molecule has 0 spiro atoms. The minimum atomic E-state index is 1.12. The average molecular weight is 199 g/mol. The van der Waals surface area contributed by atoms with E-state index in [1.165, 1.54) is 35.8 Å². The van der Waals surface area contributed by atoms with E-state index in [2.05, 4.69) is 37.0 Å². The second-order valence-corrected chi connectivity index (χ2v) is 4.04. The Hall–Kier alpha value is -1.37. The van der Waals surface area contributed by atoms with Crippen LogP contribution in [-0.2, 0) is 6.42 Å². The number of fused-ring (bicyclic) bond motifs is 1. The Kier molecular flexibility index (Phi) is 3.00. The largest absolute Gasteiger partial charge is 0.256 e. The third-order valence-electron chi connectivity index (χ3n) is 2.88. The van der Waals surface area contributed by atoms with Crippen LogP contribution in [0.15, 0.2) is 30.5 Å². The minimum absolute atomic E-state index is 1.12. The first kappa shape index (κ1) is 10.2. The number of hydrogen-bond acceptors (Lipinski definition) is 1. The van der Waals surface area contributed by atoms with Gasteiger partial charge in [-0.2, -0.15) is 0 Å². The molecule has 0 saturated carbocycles. The molecular weight excluding hydrogens is 182 g/mol. The van der Waals surface area contributed by atoms with Crippen LogP contribution in [0.1, 0.15) is 30.9 Å². The highest BCUT2D eigenvalue weighted by atomic mass is 14.6. The highest BCUT2D eigenvalue weighted by Gasteiger charge is 2.04. The molecule has 0 N–H and O–H groups in total. The molecule has 2 rings (SSSR count). The van der Waals surface area contributed by atoms with Crippen LogP contribution in [0.4, 0.5) is 0 Å². The Bertz CT molecular complexity index is 460. The molecule has 0 aliphatic rings. The zero-order valence-electron chi connectivity index (χ0n) is 9.46. The fraction of sp³-hybridized carbons (Fsp3) is 0.357. The maximum Gasteiger partial charge on any atom is 0.0704 e. The monoisotopic (exact) mass is 199 g/mol. The average Bonchev–Trinajstić information content (AvgIpc) is 2.28. The lowest BCUT2D eigenvalue weighted by atomic mass is 9.99. The topological polar surface area (TPSA) is 12.9 Å². The van der Waals surface area contributed by atoms with Gasteiger partial charge in [-0.15, -0.1) is 0 Å². The van der Waals surface area contributed by atoms with Crippen molar-refractivity contribution in [1.29, 1.82) is 0 Å². The van der Waals surface area contributed by atoms with Gasteiger partial charge in [0.1, 0.15) is 0 Å². The lowest BCUT2D eigenvalue weighted by Gasteiger charge is -2.08. The molecule has 0 atom stereocenters.